The molecule has 0 unspecified atom stereocenters. The summed E-state index contributed by atoms with van der Waals surface area (Å²) in [6.45, 7) is 0. The van der Waals surface area contributed by atoms with Gasteiger partial charge in [-0.3, -0.25) is 4.79 Å². The number of amides is 1. The topological polar surface area (TPSA) is 20.3 Å². The smallest absolute Gasteiger partial charge is 0.263 e. The molecule has 13 heavy (non-hydrogen) atoms. The normalized spacial score (nSPS) is 15.8. The van der Waals surface area contributed by atoms with Gasteiger partial charge in [-0.1, -0.05) is 0 Å². The molecule has 0 aromatic carbocycles. The lowest BCUT2D eigenvalue weighted by Crippen LogP contribution is -2.21. The Hall–Kier alpha value is -0.830. The van der Waals surface area contributed by atoms with E-state index in [2.05, 4.69) is 6.07 Å². The highest BCUT2D eigenvalue weighted by atomic mass is 32.1. The van der Waals surface area contributed by atoms with Gasteiger partial charge in [-0.15, -0.1) is 11.3 Å². The number of hydrogen-bond donors (Lipinski definition) is 0. The standard InChI is InChI=1S/C10H13NOS/c1-11(2)10(12)9-8(5-6-13-9)7-3-4-7/h5-7H,3-4H2,1-2H3. The van der Waals surface area contributed by atoms with Crippen LogP contribution in [0.4, 0.5) is 0 Å². The third-order valence-corrected chi connectivity index (χ3v) is 3.23. The molecule has 0 atom stereocenters. The molecule has 0 saturated heterocycles. The van der Waals surface area contributed by atoms with Crippen molar-refractivity contribution < 1.29 is 4.79 Å². The minimum atomic E-state index is 0.150. The van der Waals surface area contributed by atoms with E-state index in [1.165, 1.54) is 18.4 Å². The molecule has 3 heteroatoms. The number of hydrogen-bond acceptors (Lipinski definition) is 2. The third-order valence-electron chi connectivity index (χ3n) is 2.31. The Bertz CT molecular complexity index is 325. The van der Waals surface area contributed by atoms with Crippen molar-refractivity contribution in [3.8, 4) is 0 Å². The second-order valence-corrected chi connectivity index (χ2v) is 4.60. The first-order valence-corrected chi connectivity index (χ1v) is 5.37. The summed E-state index contributed by atoms with van der Waals surface area (Å²) in [5, 5.41) is 2.02. The molecule has 70 valence electrons. The zero-order chi connectivity index (χ0) is 9.42. The predicted octanol–water partition coefficient (Wildman–Crippen LogP) is 2.33. The Morgan fingerprint density at radius 2 is 2.23 bits per heavy atom. The minimum absolute atomic E-state index is 0.150. The van der Waals surface area contributed by atoms with Gasteiger partial charge in [0.25, 0.3) is 5.91 Å². The van der Waals surface area contributed by atoms with Gasteiger partial charge in [0.05, 0.1) is 4.88 Å². The summed E-state index contributed by atoms with van der Waals surface area (Å²) in [4.78, 5) is 14.3. The first kappa shape index (κ1) is 8.75. The van der Waals surface area contributed by atoms with Gasteiger partial charge in [-0.05, 0) is 35.8 Å². The maximum Gasteiger partial charge on any atom is 0.263 e. The number of carbonyl (C=O) groups excluding carboxylic acids is 1. The van der Waals surface area contributed by atoms with Crippen LogP contribution in [0.1, 0.15) is 34.0 Å². The summed E-state index contributed by atoms with van der Waals surface area (Å²) in [5.74, 6) is 0.821. The summed E-state index contributed by atoms with van der Waals surface area (Å²) in [5.41, 5.74) is 1.27. The van der Waals surface area contributed by atoms with Crippen molar-refractivity contribution in [2.24, 2.45) is 0 Å². The van der Waals surface area contributed by atoms with Crippen LogP contribution in [-0.4, -0.2) is 24.9 Å². The molecule has 2 nitrogen and oxygen atoms in total. The summed E-state index contributed by atoms with van der Waals surface area (Å²) in [6, 6.07) is 2.10. The lowest BCUT2D eigenvalue weighted by molar-refractivity contribution is 0.0831. The molecule has 1 aromatic rings. The van der Waals surface area contributed by atoms with E-state index in [4.69, 9.17) is 0 Å². The molecule has 1 amide bonds. The Morgan fingerprint density at radius 1 is 1.54 bits per heavy atom. The maximum absolute atomic E-state index is 11.7. The second-order valence-electron chi connectivity index (χ2n) is 3.68. The van der Waals surface area contributed by atoms with E-state index < -0.39 is 0 Å². The molecule has 0 aliphatic heterocycles. The summed E-state index contributed by atoms with van der Waals surface area (Å²) in [6.07, 6.45) is 2.51. The number of rotatable bonds is 2. The van der Waals surface area contributed by atoms with E-state index in [9.17, 15) is 4.79 Å². The maximum atomic E-state index is 11.7. The van der Waals surface area contributed by atoms with Crippen LogP contribution < -0.4 is 0 Å². The molecule has 0 radical (unpaired) electrons. The van der Waals surface area contributed by atoms with Crippen molar-refractivity contribution >= 4 is 17.2 Å². The second kappa shape index (κ2) is 3.14. The van der Waals surface area contributed by atoms with Crippen LogP contribution in [0.2, 0.25) is 0 Å². The van der Waals surface area contributed by atoms with Crippen molar-refractivity contribution in [1.82, 2.24) is 4.90 Å². The van der Waals surface area contributed by atoms with E-state index in [0.29, 0.717) is 5.92 Å². The average molecular weight is 195 g/mol. The molecule has 0 spiro atoms. The molecular weight excluding hydrogens is 182 g/mol. The van der Waals surface area contributed by atoms with Crippen LogP contribution in [0.3, 0.4) is 0 Å². The molecule has 1 heterocycles. The first-order chi connectivity index (χ1) is 6.20. The quantitative estimate of drug-likeness (QED) is 0.709. The highest BCUT2D eigenvalue weighted by Crippen LogP contribution is 2.43. The molecule has 2 rings (SSSR count). The molecular formula is C10H13NOS. The van der Waals surface area contributed by atoms with Crippen molar-refractivity contribution in [3.05, 3.63) is 21.9 Å². The minimum Gasteiger partial charge on any atom is -0.344 e. The summed E-state index contributed by atoms with van der Waals surface area (Å²) in [7, 11) is 3.61. The van der Waals surface area contributed by atoms with Crippen molar-refractivity contribution in [1.29, 1.82) is 0 Å². The Morgan fingerprint density at radius 3 is 2.77 bits per heavy atom. The van der Waals surface area contributed by atoms with Crippen LogP contribution in [0.25, 0.3) is 0 Å². The first-order valence-electron chi connectivity index (χ1n) is 4.49. The fraction of sp³-hybridized carbons (Fsp3) is 0.500. The van der Waals surface area contributed by atoms with Crippen molar-refractivity contribution in [3.63, 3.8) is 0 Å². The Kier molecular flexibility index (Phi) is 2.12. The number of nitrogens with zero attached hydrogens (tertiary/aromatic N) is 1. The Labute approximate surface area is 82.2 Å². The SMILES string of the molecule is CN(C)C(=O)c1sccc1C1CC1. The van der Waals surface area contributed by atoms with Gasteiger partial charge in [0.15, 0.2) is 0 Å². The van der Waals surface area contributed by atoms with E-state index in [1.807, 2.05) is 5.38 Å². The molecule has 0 bridgehead atoms. The van der Waals surface area contributed by atoms with Crippen molar-refractivity contribution in [2.45, 2.75) is 18.8 Å². The molecule has 1 aromatic heterocycles. The van der Waals surface area contributed by atoms with E-state index >= 15 is 0 Å². The monoisotopic (exact) mass is 195 g/mol. The predicted molar refractivity (Wildman–Crippen MR) is 54.3 cm³/mol. The molecule has 1 fully saturated rings. The highest BCUT2D eigenvalue weighted by molar-refractivity contribution is 7.12. The van der Waals surface area contributed by atoms with Crippen molar-refractivity contribution in [2.75, 3.05) is 14.1 Å². The van der Waals surface area contributed by atoms with Crippen LogP contribution in [0, 0.1) is 0 Å². The summed E-state index contributed by atoms with van der Waals surface area (Å²) < 4.78 is 0. The number of carbonyl (C=O) groups is 1. The van der Waals surface area contributed by atoms with Gasteiger partial charge in [0, 0.05) is 14.1 Å². The fourth-order valence-electron chi connectivity index (χ4n) is 1.41. The van der Waals surface area contributed by atoms with Gasteiger partial charge in [-0.25, -0.2) is 0 Å². The van der Waals surface area contributed by atoms with Gasteiger partial charge in [0.2, 0.25) is 0 Å². The fourth-order valence-corrected chi connectivity index (χ4v) is 2.42. The van der Waals surface area contributed by atoms with Gasteiger partial charge < -0.3 is 4.90 Å². The number of thiophene rings is 1. The molecule has 1 aliphatic rings. The largest absolute Gasteiger partial charge is 0.344 e. The molecule has 1 aliphatic carbocycles. The third kappa shape index (κ3) is 1.61. The molecule has 1 saturated carbocycles. The Balaban J connectivity index is 2.28. The highest BCUT2D eigenvalue weighted by Gasteiger charge is 2.29. The van der Waals surface area contributed by atoms with E-state index in [-0.39, 0.29) is 5.91 Å². The van der Waals surface area contributed by atoms with E-state index in [0.717, 1.165) is 4.88 Å². The van der Waals surface area contributed by atoms with Gasteiger partial charge in [-0.2, -0.15) is 0 Å². The molecule has 0 N–H and O–H groups in total. The lowest BCUT2D eigenvalue weighted by Gasteiger charge is -2.09. The van der Waals surface area contributed by atoms with Crippen LogP contribution in [0.15, 0.2) is 11.4 Å². The summed E-state index contributed by atoms with van der Waals surface area (Å²) >= 11 is 1.56. The zero-order valence-electron chi connectivity index (χ0n) is 7.91. The van der Waals surface area contributed by atoms with Crippen LogP contribution in [-0.2, 0) is 0 Å². The van der Waals surface area contributed by atoms with Gasteiger partial charge >= 0.3 is 0 Å². The van der Waals surface area contributed by atoms with E-state index in [1.54, 1.807) is 30.3 Å². The zero-order valence-corrected chi connectivity index (χ0v) is 8.73. The van der Waals surface area contributed by atoms with Crippen LogP contribution >= 0.6 is 11.3 Å². The van der Waals surface area contributed by atoms with Gasteiger partial charge in [0.1, 0.15) is 0 Å². The average Bonchev–Trinajstić information content (AvgIpc) is 2.83. The lowest BCUT2D eigenvalue weighted by atomic mass is 10.1. The van der Waals surface area contributed by atoms with Crippen LogP contribution in [0.5, 0.6) is 0 Å².